The van der Waals surface area contributed by atoms with Gasteiger partial charge in [0.15, 0.2) is 5.92 Å². The molecule has 0 saturated heterocycles. The van der Waals surface area contributed by atoms with Gasteiger partial charge < -0.3 is 9.88 Å². The van der Waals surface area contributed by atoms with Crippen molar-refractivity contribution in [1.29, 1.82) is 5.26 Å². The molecule has 23 heavy (non-hydrogen) atoms. The molecule has 1 heterocycles. The van der Waals surface area contributed by atoms with Crippen LogP contribution in [0.1, 0.15) is 16.2 Å². The van der Waals surface area contributed by atoms with Gasteiger partial charge in [0.05, 0.1) is 22.5 Å². The first kappa shape index (κ1) is 17.1. The molecule has 5 nitrogen and oxygen atoms in total. The lowest BCUT2D eigenvalue weighted by Crippen LogP contribution is -2.30. The molecule has 0 aliphatic carbocycles. The number of amides is 1. The van der Waals surface area contributed by atoms with Crippen molar-refractivity contribution in [3.63, 3.8) is 0 Å². The summed E-state index contributed by atoms with van der Waals surface area (Å²) in [4.78, 5) is 24.7. The number of halogens is 2. The maximum absolute atomic E-state index is 12.4. The second-order valence-electron chi connectivity index (χ2n) is 4.96. The van der Waals surface area contributed by atoms with Crippen molar-refractivity contribution in [1.82, 2.24) is 4.57 Å². The van der Waals surface area contributed by atoms with E-state index < -0.39 is 17.6 Å². The van der Waals surface area contributed by atoms with Gasteiger partial charge in [-0.25, -0.2) is 0 Å². The van der Waals surface area contributed by atoms with Gasteiger partial charge >= 0.3 is 0 Å². The second-order valence-corrected chi connectivity index (χ2v) is 5.80. The molecule has 0 saturated carbocycles. The maximum Gasteiger partial charge on any atom is 0.249 e. The van der Waals surface area contributed by atoms with Crippen molar-refractivity contribution < 1.29 is 9.59 Å². The highest BCUT2D eigenvalue weighted by Gasteiger charge is 2.29. The number of rotatable bonds is 4. The first-order valence-electron chi connectivity index (χ1n) is 6.67. The van der Waals surface area contributed by atoms with Gasteiger partial charge in [0, 0.05) is 17.8 Å². The number of nitrogens with one attached hydrogen (secondary N) is 1. The molecule has 2 rings (SSSR count). The molecule has 1 aromatic carbocycles. The van der Waals surface area contributed by atoms with E-state index in [0.717, 1.165) is 5.69 Å². The number of nitriles is 1. The Morgan fingerprint density at radius 2 is 1.96 bits per heavy atom. The van der Waals surface area contributed by atoms with E-state index in [2.05, 4.69) is 5.32 Å². The largest absolute Gasteiger partial charge is 0.346 e. The number of ketones is 1. The minimum atomic E-state index is -1.46. The first-order valence-corrected chi connectivity index (χ1v) is 7.42. The van der Waals surface area contributed by atoms with Crippen molar-refractivity contribution in [3.05, 3.63) is 51.8 Å². The molecule has 2 aromatic rings. The number of aromatic nitrogens is 1. The number of Topliss-reactive ketones (excluding diaryl/α,β-unsaturated/α-hetero) is 1. The van der Waals surface area contributed by atoms with Gasteiger partial charge in [-0.2, -0.15) is 5.26 Å². The summed E-state index contributed by atoms with van der Waals surface area (Å²) in [5, 5.41) is 12.3. The molecule has 7 heteroatoms. The minimum absolute atomic E-state index is 0.227. The summed E-state index contributed by atoms with van der Waals surface area (Å²) in [5.41, 5.74) is 1.44. The van der Waals surface area contributed by atoms with E-state index in [0.29, 0.717) is 10.7 Å². The van der Waals surface area contributed by atoms with Crippen LogP contribution >= 0.6 is 23.2 Å². The molecule has 1 atom stereocenters. The van der Waals surface area contributed by atoms with Crippen molar-refractivity contribution in [2.24, 2.45) is 13.0 Å². The van der Waals surface area contributed by atoms with E-state index in [9.17, 15) is 14.9 Å². The summed E-state index contributed by atoms with van der Waals surface area (Å²) in [6.07, 6.45) is 0. The second kappa shape index (κ2) is 6.86. The van der Waals surface area contributed by atoms with Gasteiger partial charge in [-0.1, -0.05) is 23.2 Å². The summed E-state index contributed by atoms with van der Waals surface area (Å²) in [6.45, 7) is 1.83. The van der Waals surface area contributed by atoms with Crippen LogP contribution in [0.5, 0.6) is 0 Å². The number of hydrogen-bond donors (Lipinski definition) is 1. The molecule has 0 fully saturated rings. The number of aryl methyl sites for hydroxylation is 1. The number of hydrogen-bond acceptors (Lipinski definition) is 3. The Bertz CT molecular complexity index is 821. The van der Waals surface area contributed by atoms with Gasteiger partial charge in [-0.15, -0.1) is 0 Å². The van der Waals surface area contributed by atoms with E-state index in [1.807, 2.05) is 6.92 Å². The van der Waals surface area contributed by atoms with Crippen LogP contribution in [-0.2, 0) is 11.8 Å². The summed E-state index contributed by atoms with van der Waals surface area (Å²) < 4.78 is 1.63. The molecule has 1 unspecified atom stereocenters. The highest BCUT2D eigenvalue weighted by molar-refractivity contribution is 6.36. The molecule has 1 N–H and O–H groups in total. The van der Waals surface area contributed by atoms with Gasteiger partial charge in [0.2, 0.25) is 11.7 Å². The standard InChI is InChI=1S/C16H13Cl2N3O2/c1-9-3-6-14(21(9)2)15(22)11(8-19)16(23)20-13-5-4-10(17)7-12(13)18/h3-7,11H,1-2H3,(H,20,23). The predicted octanol–water partition coefficient (Wildman–Crippen LogP) is 3.60. The lowest BCUT2D eigenvalue weighted by molar-refractivity contribution is -0.117. The molecule has 0 radical (unpaired) electrons. The molecule has 0 spiro atoms. The quantitative estimate of drug-likeness (QED) is 0.676. The van der Waals surface area contributed by atoms with Crippen molar-refractivity contribution >= 4 is 40.6 Å². The van der Waals surface area contributed by atoms with E-state index in [1.165, 1.54) is 12.1 Å². The van der Waals surface area contributed by atoms with Crippen LogP contribution in [0.2, 0.25) is 10.0 Å². The van der Waals surface area contributed by atoms with Crippen LogP contribution < -0.4 is 5.32 Å². The third kappa shape index (κ3) is 3.55. The highest BCUT2D eigenvalue weighted by atomic mass is 35.5. The Hall–Kier alpha value is -2.29. The Balaban J connectivity index is 2.24. The number of nitrogens with zero attached hydrogens (tertiary/aromatic N) is 2. The van der Waals surface area contributed by atoms with Crippen LogP contribution in [0.4, 0.5) is 5.69 Å². The average Bonchev–Trinajstić information content (AvgIpc) is 2.82. The molecule has 0 aliphatic rings. The normalized spacial score (nSPS) is 11.6. The Morgan fingerprint density at radius 3 is 2.48 bits per heavy atom. The van der Waals surface area contributed by atoms with Gasteiger partial charge in [0.25, 0.3) is 0 Å². The molecular formula is C16H13Cl2N3O2. The smallest absolute Gasteiger partial charge is 0.249 e. The van der Waals surface area contributed by atoms with E-state index in [-0.39, 0.29) is 10.7 Å². The van der Waals surface area contributed by atoms with E-state index in [4.69, 9.17) is 23.2 Å². The zero-order valence-electron chi connectivity index (χ0n) is 12.4. The Labute approximate surface area is 143 Å². The SMILES string of the molecule is Cc1ccc(C(=O)C(C#N)C(=O)Nc2ccc(Cl)cc2Cl)n1C. The Kier molecular flexibility index (Phi) is 5.09. The van der Waals surface area contributed by atoms with Crippen molar-refractivity contribution in [2.75, 3.05) is 5.32 Å². The third-order valence-corrected chi connectivity index (χ3v) is 4.02. The highest BCUT2D eigenvalue weighted by Crippen LogP contribution is 2.26. The van der Waals surface area contributed by atoms with E-state index >= 15 is 0 Å². The number of carbonyl (C=O) groups excluding carboxylic acids is 2. The lowest BCUT2D eigenvalue weighted by atomic mass is 10.0. The molecule has 0 aliphatic heterocycles. The third-order valence-electron chi connectivity index (χ3n) is 3.47. The van der Waals surface area contributed by atoms with Gasteiger partial charge in [-0.3, -0.25) is 9.59 Å². The summed E-state index contributed by atoms with van der Waals surface area (Å²) in [6, 6.07) is 9.59. The molecule has 1 amide bonds. The summed E-state index contributed by atoms with van der Waals surface area (Å²) >= 11 is 11.8. The monoisotopic (exact) mass is 349 g/mol. The molecule has 0 bridgehead atoms. The number of anilines is 1. The number of benzene rings is 1. The first-order chi connectivity index (χ1) is 10.8. The topological polar surface area (TPSA) is 74.9 Å². The fourth-order valence-electron chi connectivity index (χ4n) is 2.04. The van der Waals surface area contributed by atoms with Crippen molar-refractivity contribution in [2.45, 2.75) is 6.92 Å². The van der Waals surface area contributed by atoms with Crippen LogP contribution in [0.15, 0.2) is 30.3 Å². The van der Waals surface area contributed by atoms with Crippen LogP contribution in [0, 0.1) is 24.2 Å². The zero-order valence-corrected chi connectivity index (χ0v) is 13.9. The zero-order chi connectivity index (χ0) is 17.1. The fraction of sp³-hybridized carbons (Fsp3) is 0.188. The average molecular weight is 350 g/mol. The van der Waals surface area contributed by atoms with Gasteiger partial charge in [0.1, 0.15) is 0 Å². The number of carbonyl (C=O) groups is 2. The molecular weight excluding hydrogens is 337 g/mol. The maximum atomic E-state index is 12.4. The minimum Gasteiger partial charge on any atom is -0.346 e. The van der Waals surface area contributed by atoms with E-state index in [1.54, 1.807) is 35.9 Å². The predicted molar refractivity (Wildman–Crippen MR) is 88.7 cm³/mol. The van der Waals surface area contributed by atoms with Crippen molar-refractivity contribution in [3.8, 4) is 6.07 Å². The van der Waals surface area contributed by atoms with Crippen LogP contribution in [-0.4, -0.2) is 16.3 Å². The molecule has 1 aromatic heterocycles. The summed E-state index contributed by atoms with van der Waals surface area (Å²) in [7, 11) is 1.70. The fourth-order valence-corrected chi connectivity index (χ4v) is 2.50. The lowest BCUT2D eigenvalue weighted by Gasteiger charge is -2.12. The van der Waals surface area contributed by atoms with Crippen LogP contribution in [0.25, 0.3) is 0 Å². The van der Waals surface area contributed by atoms with Gasteiger partial charge in [-0.05, 0) is 37.3 Å². The summed E-state index contributed by atoms with van der Waals surface area (Å²) in [5.74, 6) is -2.76. The molecule has 118 valence electrons. The van der Waals surface area contributed by atoms with Crippen LogP contribution in [0.3, 0.4) is 0 Å². The Morgan fingerprint density at radius 1 is 1.26 bits per heavy atom.